The van der Waals surface area contributed by atoms with Crippen LogP contribution in [0.3, 0.4) is 0 Å². The Morgan fingerprint density at radius 2 is 1.74 bits per heavy atom. The lowest BCUT2D eigenvalue weighted by atomic mass is 9.85. The number of thiophene rings is 1. The number of carbonyl (C=O) groups excluding carboxylic acids is 1. The van der Waals surface area contributed by atoms with Crippen LogP contribution in [0.25, 0.3) is 0 Å². The maximum atomic E-state index is 15.3. The van der Waals surface area contributed by atoms with Crippen molar-refractivity contribution in [2.45, 2.75) is 57.3 Å². The van der Waals surface area contributed by atoms with Gasteiger partial charge < -0.3 is 19.3 Å². The highest BCUT2D eigenvalue weighted by atomic mass is 35.5. The first-order chi connectivity index (χ1) is 25.9. The Morgan fingerprint density at radius 1 is 1.02 bits per heavy atom. The van der Waals surface area contributed by atoms with Crippen LogP contribution >= 0.6 is 34.5 Å². The van der Waals surface area contributed by atoms with Crippen LogP contribution in [0.5, 0.6) is 11.5 Å². The van der Waals surface area contributed by atoms with Gasteiger partial charge >= 0.3 is 18.7 Å². The second-order valence-corrected chi connectivity index (χ2v) is 15.8. The Hall–Kier alpha value is -4.24. The van der Waals surface area contributed by atoms with E-state index in [4.69, 9.17) is 37.4 Å². The van der Waals surface area contributed by atoms with E-state index in [1.54, 1.807) is 12.1 Å². The van der Waals surface area contributed by atoms with Crippen molar-refractivity contribution in [3.05, 3.63) is 103 Å². The predicted octanol–water partition coefficient (Wildman–Crippen LogP) is 8.42. The largest absolute Gasteiger partial charge is 0.489 e. The first-order valence-electron chi connectivity index (χ1n) is 17.5. The van der Waals surface area contributed by atoms with Crippen molar-refractivity contribution in [3.63, 3.8) is 0 Å². The zero-order valence-electron chi connectivity index (χ0n) is 28.8. The van der Waals surface area contributed by atoms with E-state index < -0.39 is 30.4 Å². The molecule has 54 heavy (non-hydrogen) atoms. The monoisotopic (exact) mass is 806 g/mol. The van der Waals surface area contributed by atoms with E-state index in [-0.39, 0.29) is 69.6 Å². The molecule has 8 rings (SSSR count). The molecule has 16 heteroatoms. The molecule has 1 saturated carbocycles. The number of rotatable bonds is 14. The van der Waals surface area contributed by atoms with Crippen LogP contribution in [0, 0.1) is 17.7 Å². The summed E-state index contributed by atoms with van der Waals surface area (Å²) < 4.78 is 59.6. The van der Waals surface area contributed by atoms with Crippen LogP contribution in [0.2, 0.25) is 10.0 Å². The van der Waals surface area contributed by atoms with Gasteiger partial charge in [0.1, 0.15) is 26.8 Å². The molecule has 5 heterocycles. The molecule has 2 aromatic carbocycles. The first kappa shape index (κ1) is 38.1. The number of piperidine rings is 3. The molecule has 2 aromatic heterocycles. The average Bonchev–Trinajstić information content (AvgIpc) is 3.87. The van der Waals surface area contributed by atoms with Gasteiger partial charge in [0.05, 0.1) is 18.8 Å². The molecule has 2 N–H and O–H groups in total. The number of nitrogens with zero attached hydrogens (tertiary/aromatic N) is 3. The lowest BCUT2D eigenvalue weighted by Crippen LogP contribution is -2.53. The molecule has 0 spiro atoms. The van der Waals surface area contributed by atoms with Gasteiger partial charge in [0.25, 0.3) is 0 Å². The number of hydrogen-bond acceptors (Lipinski definition) is 8. The molecule has 4 aromatic rings. The van der Waals surface area contributed by atoms with Crippen molar-refractivity contribution in [1.82, 2.24) is 4.90 Å². The van der Waals surface area contributed by atoms with Crippen molar-refractivity contribution >= 4 is 52.3 Å². The number of amides is 1. The van der Waals surface area contributed by atoms with Gasteiger partial charge in [0.2, 0.25) is 12.4 Å². The van der Waals surface area contributed by atoms with E-state index >= 15 is 4.39 Å². The van der Waals surface area contributed by atoms with E-state index in [9.17, 15) is 28.7 Å². The van der Waals surface area contributed by atoms with E-state index in [0.717, 1.165) is 50.1 Å². The fraction of sp³-hybridized carbons (Fsp3) is 0.395. The number of benzene rings is 2. The summed E-state index contributed by atoms with van der Waals surface area (Å²) in [6.45, 7) is -0.595. The zero-order valence-corrected chi connectivity index (χ0v) is 31.1. The number of carboxylic acid groups (broad SMARTS) is 1. The van der Waals surface area contributed by atoms with Crippen LogP contribution in [0.1, 0.15) is 62.8 Å². The quantitative estimate of drug-likeness (QED) is 0.0966. The lowest BCUT2D eigenvalue weighted by molar-refractivity contribution is -0.904. The van der Waals surface area contributed by atoms with E-state index in [0.29, 0.717) is 32.8 Å². The van der Waals surface area contributed by atoms with Crippen LogP contribution in [-0.2, 0) is 17.7 Å². The number of carboxylic acids is 1. The lowest BCUT2D eigenvalue weighted by Gasteiger charge is -2.44. The smallest absolute Gasteiger partial charge is 0.415 e. The number of hydrogen-bond donors (Lipinski definition) is 2. The highest BCUT2D eigenvalue weighted by Gasteiger charge is 2.38. The number of fused-ring (bicyclic) bond motifs is 3. The van der Waals surface area contributed by atoms with Crippen molar-refractivity contribution in [1.29, 1.82) is 0 Å². The minimum Gasteiger partial charge on any atom is -0.489 e. The first-order valence-corrected chi connectivity index (χ1v) is 19.1. The van der Waals surface area contributed by atoms with Crippen LogP contribution in [-0.4, -0.2) is 66.2 Å². The average molecular weight is 808 g/mol. The molecule has 4 aliphatic rings. The fourth-order valence-electron chi connectivity index (χ4n) is 7.16. The van der Waals surface area contributed by atoms with E-state index in [2.05, 4.69) is 4.90 Å². The van der Waals surface area contributed by atoms with Gasteiger partial charge in [0.15, 0.2) is 11.5 Å². The minimum atomic E-state index is -3.12. The van der Waals surface area contributed by atoms with Gasteiger partial charge in [-0.15, -0.1) is 11.3 Å². The van der Waals surface area contributed by atoms with Crippen molar-refractivity contribution < 1.29 is 52.0 Å². The second-order valence-electron chi connectivity index (χ2n) is 13.8. The van der Waals surface area contributed by atoms with Crippen molar-refractivity contribution in [2.24, 2.45) is 11.8 Å². The summed E-state index contributed by atoms with van der Waals surface area (Å²) in [5.74, 6) is -2.40. The maximum Gasteiger partial charge on any atom is 0.415 e. The normalized spacial score (nSPS) is 19.8. The Bertz CT molecular complexity index is 2000. The number of para-hydroxylation sites is 1. The molecule has 10 nitrogen and oxygen atoms in total. The number of anilines is 1. The zero-order chi connectivity index (χ0) is 38.1. The number of alkyl halides is 2. The molecule has 1 amide bonds. The topological polar surface area (TPSA) is 113 Å². The van der Waals surface area contributed by atoms with Crippen LogP contribution < -0.4 is 19.1 Å². The van der Waals surface area contributed by atoms with Gasteiger partial charge in [0, 0.05) is 27.6 Å². The molecule has 286 valence electrons. The van der Waals surface area contributed by atoms with Crippen molar-refractivity contribution in [3.8, 4) is 11.5 Å². The number of aromatic carboxylic acids is 1. The summed E-state index contributed by atoms with van der Waals surface area (Å²) in [5, 5.41) is 20.8. The summed E-state index contributed by atoms with van der Waals surface area (Å²) in [7, 11) is 0. The van der Waals surface area contributed by atoms with Crippen LogP contribution in [0.15, 0.2) is 60.9 Å². The highest BCUT2D eigenvalue weighted by molar-refractivity contribution is 7.14. The van der Waals surface area contributed by atoms with Gasteiger partial charge in [-0.2, -0.15) is 8.78 Å². The van der Waals surface area contributed by atoms with E-state index in [1.165, 1.54) is 53.7 Å². The minimum absolute atomic E-state index is 0.00468. The molecule has 2 bridgehead atoms. The molecular weight excluding hydrogens is 770 g/mol. The van der Waals surface area contributed by atoms with Crippen LogP contribution in [0.4, 0.5) is 23.7 Å². The molecule has 1 aliphatic carbocycles. The summed E-state index contributed by atoms with van der Waals surface area (Å²) in [6.07, 6.45) is 5.02. The van der Waals surface area contributed by atoms with Gasteiger partial charge in [-0.05, 0) is 98.5 Å². The summed E-state index contributed by atoms with van der Waals surface area (Å²) in [4.78, 5) is 30.6. The predicted molar refractivity (Wildman–Crippen MR) is 194 cm³/mol. The third kappa shape index (κ3) is 8.67. The molecular formula is C38H37Cl2F3N3O7S+. The number of halogens is 5. The highest BCUT2D eigenvalue weighted by Crippen LogP contribution is 2.43. The Kier molecular flexibility index (Phi) is 11.4. The molecule has 3 saturated heterocycles. The third-order valence-electron chi connectivity index (χ3n) is 10.1. The number of aromatic nitrogens is 1. The number of ether oxygens (including phenoxy) is 3. The second kappa shape index (κ2) is 16.2. The summed E-state index contributed by atoms with van der Waals surface area (Å²) in [5.41, 5.74) is 1.11. The molecule has 0 radical (unpaired) electrons. The summed E-state index contributed by atoms with van der Waals surface area (Å²) in [6, 6.07) is 11.8. The third-order valence-corrected chi connectivity index (χ3v) is 11.9. The van der Waals surface area contributed by atoms with E-state index in [1.807, 2.05) is 0 Å². The van der Waals surface area contributed by atoms with Gasteiger partial charge in [-0.25, -0.2) is 14.0 Å². The van der Waals surface area contributed by atoms with Gasteiger partial charge in [-0.3, -0.25) is 15.0 Å². The molecule has 4 fully saturated rings. The Morgan fingerprint density at radius 3 is 2.37 bits per heavy atom. The maximum absolute atomic E-state index is 15.3. The Balaban J connectivity index is 1.28. The Labute approximate surface area is 323 Å². The summed E-state index contributed by atoms with van der Waals surface area (Å²) >= 11 is 14.0. The number of pyridine rings is 1. The SMILES string of the molecule is O=C(O)c1sc(CN(C(=O)O[C@H]2CN3CCC2CC3)c2ccccc2F)cc1[C@@H](Cc1c(Cl)c[n+](O)cc1Cl)c1ccc(OC(F)F)c(OCC2CC2)c1. The fourth-order valence-corrected chi connectivity index (χ4v) is 8.81. The molecule has 2 atom stereocenters. The van der Waals surface area contributed by atoms with Crippen molar-refractivity contribution in [2.75, 3.05) is 31.1 Å². The standard InChI is InChI=1S/C38H36Cl2F3N3O7S/c39-28-17-45(50)18-29(40)27(28)15-25(23-7-8-32(52-37(42)43)33(13-23)51-20-21-5-6-21)26-14-24(54-35(26)36(47)48)16-46(31-4-2-1-3-30(31)41)38(49)53-34-19-44-11-9-22(34)10-12-44/h1-4,7-8,13-14,17-18,21-22,25,34,37H,5-6,9-12,15-16,19-20H2,(H-,47,48,50)/p+1/t25-,34-/m0/s1. The molecule has 3 aliphatic heterocycles. The molecule has 0 unspecified atom stereocenters. The van der Waals surface area contributed by atoms with Gasteiger partial charge in [-0.1, -0.05) is 41.4 Å². The number of carbonyl (C=O) groups is 2.